The van der Waals surface area contributed by atoms with Crippen LogP contribution < -0.4 is 11.1 Å². The second-order valence-electron chi connectivity index (χ2n) is 5.06. The lowest BCUT2D eigenvalue weighted by Crippen LogP contribution is -2.37. The molecule has 0 saturated heterocycles. The van der Waals surface area contributed by atoms with E-state index in [0.29, 0.717) is 6.54 Å². The van der Waals surface area contributed by atoms with Crippen LogP contribution in [0.3, 0.4) is 0 Å². The van der Waals surface area contributed by atoms with Gasteiger partial charge in [0.05, 0.1) is 11.7 Å². The number of hydrogen-bond donors (Lipinski definition) is 2. The van der Waals surface area contributed by atoms with Gasteiger partial charge < -0.3 is 15.6 Å². The molecule has 1 aromatic carbocycles. The average Bonchev–Trinajstić information content (AvgIpc) is 2.93. The number of halogens is 2. The van der Waals surface area contributed by atoms with Crippen molar-refractivity contribution in [3.63, 3.8) is 0 Å². The van der Waals surface area contributed by atoms with Crippen LogP contribution in [0.15, 0.2) is 43.0 Å². The van der Waals surface area contributed by atoms with Crippen molar-refractivity contribution in [2.24, 2.45) is 11.1 Å². The first kappa shape index (κ1) is 19.4. The predicted octanol–water partition coefficient (Wildman–Crippen LogP) is 2.64. The van der Waals surface area contributed by atoms with E-state index < -0.39 is 5.41 Å². The summed E-state index contributed by atoms with van der Waals surface area (Å²) in [6.07, 6.45) is 5.28. The van der Waals surface area contributed by atoms with Crippen LogP contribution in [0.5, 0.6) is 0 Å². The number of anilines is 1. The number of carbonyl (C=O) groups is 1. The molecule has 0 radical (unpaired) electrons. The van der Waals surface area contributed by atoms with E-state index in [4.69, 9.17) is 5.73 Å². The third kappa shape index (κ3) is 4.74. The van der Waals surface area contributed by atoms with E-state index in [1.165, 1.54) is 0 Å². The summed E-state index contributed by atoms with van der Waals surface area (Å²) < 4.78 is 1.88. The van der Waals surface area contributed by atoms with Gasteiger partial charge in [0.15, 0.2) is 0 Å². The molecular weight excluding hydrogens is 311 g/mol. The molecule has 1 amide bonds. The molecule has 5 nitrogen and oxygen atoms in total. The topological polar surface area (TPSA) is 72.9 Å². The predicted molar refractivity (Wildman–Crippen MR) is 89.5 cm³/mol. The van der Waals surface area contributed by atoms with Crippen molar-refractivity contribution in [2.75, 3.05) is 11.9 Å². The van der Waals surface area contributed by atoms with Gasteiger partial charge in [0.2, 0.25) is 5.91 Å². The molecule has 116 valence electrons. The Hall–Kier alpha value is -1.56. The lowest BCUT2D eigenvalue weighted by molar-refractivity contribution is -0.123. The van der Waals surface area contributed by atoms with Gasteiger partial charge in [-0.05, 0) is 32.0 Å². The molecule has 0 aliphatic heterocycles. The van der Waals surface area contributed by atoms with E-state index in [2.05, 4.69) is 10.3 Å². The summed E-state index contributed by atoms with van der Waals surface area (Å²) in [6, 6.07) is 7.59. The third-order valence-corrected chi connectivity index (χ3v) is 3.03. The maximum Gasteiger partial charge on any atom is 0.231 e. The number of nitrogens with one attached hydrogen (secondary N) is 1. The van der Waals surface area contributed by atoms with Crippen LogP contribution >= 0.6 is 24.8 Å². The third-order valence-electron chi connectivity index (χ3n) is 3.03. The minimum atomic E-state index is -0.578. The van der Waals surface area contributed by atoms with Gasteiger partial charge in [-0.3, -0.25) is 4.79 Å². The Kier molecular flexibility index (Phi) is 7.43. The van der Waals surface area contributed by atoms with Crippen LogP contribution in [0.1, 0.15) is 13.8 Å². The van der Waals surface area contributed by atoms with Crippen LogP contribution in [0.4, 0.5) is 5.69 Å². The van der Waals surface area contributed by atoms with Gasteiger partial charge in [-0.2, -0.15) is 0 Å². The van der Waals surface area contributed by atoms with Gasteiger partial charge in [-0.15, -0.1) is 24.8 Å². The highest BCUT2D eigenvalue weighted by atomic mass is 35.5. The first-order valence-electron chi connectivity index (χ1n) is 6.13. The Labute approximate surface area is 136 Å². The van der Waals surface area contributed by atoms with E-state index in [-0.39, 0.29) is 30.7 Å². The Morgan fingerprint density at radius 3 is 2.67 bits per heavy atom. The first-order chi connectivity index (χ1) is 9.03. The molecule has 0 unspecified atom stereocenters. The number of rotatable bonds is 4. The minimum Gasteiger partial charge on any atom is -0.329 e. The molecule has 1 heterocycles. The fraction of sp³-hybridized carbons (Fsp3) is 0.286. The van der Waals surface area contributed by atoms with Crippen molar-refractivity contribution in [2.45, 2.75) is 13.8 Å². The summed E-state index contributed by atoms with van der Waals surface area (Å²) in [4.78, 5) is 16.1. The largest absolute Gasteiger partial charge is 0.329 e. The van der Waals surface area contributed by atoms with E-state index >= 15 is 0 Å². The summed E-state index contributed by atoms with van der Waals surface area (Å²) >= 11 is 0. The normalized spacial score (nSPS) is 10.2. The fourth-order valence-corrected chi connectivity index (χ4v) is 1.55. The second kappa shape index (κ2) is 8.02. The maximum absolute atomic E-state index is 12.1. The van der Waals surface area contributed by atoms with Crippen molar-refractivity contribution in [1.29, 1.82) is 0 Å². The van der Waals surface area contributed by atoms with Gasteiger partial charge in [0, 0.05) is 30.3 Å². The van der Waals surface area contributed by atoms with Gasteiger partial charge in [-0.1, -0.05) is 6.07 Å². The summed E-state index contributed by atoms with van der Waals surface area (Å²) in [7, 11) is 0. The molecule has 21 heavy (non-hydrogen) atoms. The fourth-order valence-electron chi connectivity index (χ4n) is 1.55. The number of aromatic nitrogens is 2. The zero-order chi connectivity index (χ0) is 13.9. The van der Waals surface area contributed by atoms with Gasteiger partial charge in [-0.25, -0.2) is 4.98 Å². The van der Waals surface area contributed by atoms with Crippen LogP contribution in [0.2, 0.25) is 0 Å². The molecule has 0 saturated carbocycles. The maximum atomic E-state index is 12.1. The number of hydrogen-bond acceptors (Lipinski definition) is 3. The molecule has 0 spiro atoms. The summed E-state index contributed by atoms with van der Waals surface area (Å²) in [5.41, 5.74) is 6.71. The van der Waals surface area contributed by atoms with Crippen molar-refractivity contribution in [3.8, 4) is 5.69 Å². The van der Waals surface area contributed by atoms with Crippen LogP contribution in [0, 0.1) is 5.41 Å². The number of benzene rings is 1. The molecule has 0 atom stereocenters. The SMILES string of the molecule is CC(C)(CN)C(=O)Nc1cccc(-n2ccnc2)c1.Cl.Cl. The standard InChI is InChI=1S/C14H18N4O.2ClH/c1-14(2,9-15)13(19)17-11-4-3-5-12(8-11)18-7-6-16-10-18;;/h3-8,10H,9,15H2,1-2H3,(H,17,19);2*1H. The van der Waals surface area contributed by atoms with Crippen LogP contribution in [-0.2, 0) is 4.79 Å². The number of imidazole rings is 1. The van der Waals surface area contributed by atoms with E-state index in [0.717, 1.165) is 11.4 Å². The molecule has 2 aromatic rings. The molecule has 1 aromatic heterocycles. The van der Waals surface area contributed by atoms with Gasteiger partial charge >= 0.3 is 0 Å². The Balaban J connectivity index is 0.00000200. The Morgan fingerprint density at radius 1 is 1.38 bits per heavy atom. The number of nitrogens with zero attached hydrogens (tertiary/aromatic N) is 2. The molecule has 0 fully saturated rings. The highest BCUT2D eigenvalue weighted by molar-refractivity contribution is 5.95. The number of amides is 1. The summed E-state index contributed by atoms with van der Waals surface area (Å²) in [5, 5.41) is 2.88. The number of carbonyl (C=O) groups excluding carboxylic acids is 1. The van der Waals surface area contributed by atoms with Gasteiger partial charge in [0.1, 0.15) is 0 Å². The molecule has 2 rings (SSSR count). The zero-order valence-electron chi connectivity index (χ0n) is 11.9. The minimum absolute atomic E-state index is 0. The van der Waals surface area contributed by atoms with Crippen LogP contribution in [-0.4, -0.2) is 22.0 Å². The van der Waals surface area contributed by atoms with Gasteiger partial charge in [0.25, 0.3) is 0 Å². The van der Waals surface area contributed by atoms with E-state index in [1.807, 2.05) is 48.9 Å². The Bertz CT molecular complexity index is 570. The highest BCUT2D eigenvalue weighted by Crippen LogP contribution is 2.19. The van der Waals surface area contributed by atoms with E-state index in [9.17, 15) is 4.79 Å². The lowest BCUT2D eigenvalue weighted by Gasteiger charge is -2.21. The van der Waals surface area contributed by atoms with Crippen molar-refractivity contribution >= 4 is 36.4 Å². The van der Waals surface area contributed by atoms with Crippen molar-refractivity contribution in [1.82, 2.24) is 9.55 Å². The quantitative estimate of drug-likeness (QED) is 0.905. The highest BCUT2D eigenvalue weighted by Gasteiger charge is 2.25. The Morgan fingerprint density at radius 2 is 2.10 bits per heavy atom. The zero-order valence-corrected chi connectivity index (χ0v) is 13.6. The van der Waals surface area contributed by atoms with E-state index in [1.54, 1.807) is 12.5 Å². The average molecular weight is 331 g/mol. The van der Waals surface area contributed by atoms with Crippen LogP contribution in [0.25, 0.3) is 5.69 Å². The number of nitrogens with two attached hydrogens (primary N) is 1. The monoisotopic (exact) mass is 330 g/mol. The molecule has 0 bridgehead atoms. The first-order valence-corrected chi connectivity index (χ1v) is 6.13. The lowest BCUT2D eigenvalue weighted by atomic mass is 9.92. The second-order valence-corrected chi connectivity index (χ2v) is 5.06. The van der Waals surface area contributed by atoms with Crippen molar-refractivity contribution < 1.29 is 4.79 Å². The summed E-state index contributed by atoms with van der Waals surface area (Å²) in [6.45, 7) is 3.95. The summed E-state index contributed by atoms with van der Waals surface area (Å²) in [5.74, 6) is -0.0854. The molecule has 7 heteroatoms. The molecule has 3 N–H and O–H groups in total. The smallest absolute Gasteiger partial charge is 0.231 e. The molecular formula is C14H20Cl2N4O. The molecule has 0 aliphatic rings. The van der Waals surface area contributed by atoms with Crippen molar-refractivity contribution in [3.05, 3.63) is 43.0 Å². The molecule has 0 aliphatic carbocycles.